The summed E-state index contributed by atoms with van der Waals surface area (Å²) in [4.78, 5) is 21.3. The van der Waals surface area contributed by atoms with E-state index in [1.165, 1.54) is 13.4 Å². The number of nitrogens with one attached hydrogen (secondary N) is 2. The molecule has 7 heteroatoms. The maximum Gasteiger partial charge on any atom is 0.307 e. The predicted molar refractivity (Wildman–Crippen MR) is 74.2 cm³/mol. The van der Waals surface area contributed by atoms with Crippen LogP contribution in [0.1, 0.15) is 6.42 Å². The van der Waals surface area contributed by atoms with E-state index in [0.717, 1.165) is 18.9 Å². The monoisotopic (exact) mass is 267 g/mol. The first-order valence-corrected chi connectivity index (χ1v) is 6.13. The van der Waals surface area contributed by atoms with Gasteiger partial charge in [0.2, 0.25) is 0 Å². The van der Waals surface area contributed by atoms with Crippen molar-refractivity contribution in [3.8, 4) is 0 Å². The van der Waals surface area contributed by atoms with E-state index in [4.69, 9.17) is 0 Å². The average Bonchev–Trinajstić information content (AvgIpc) is 2.38. The molecule has 0 aromatic carbocycles. The fourth-order valence-corrected chi connectivity index (χ4v) is 1.35. The van der Waals surface area contributed by atoms with Gasteiger partial charge < -0.3 is 20.3 Å². The summed E-state index contributed by atoms with van der Waals surface area (Å²) in [5.74, 6) is 1.20. The van der Waals surface area contributed by atoms with E-state index >= 15 is 0 Å². The lowest BCUT2D eigenvalue weighted by atomic mass is 10.4. The summed E-state index contributed by atoms with van der Waals surface area (Å²) in [6.45, 7) is 2.22. The van der Waals surface area contributed by atoms with Crippen molar-refractivity contribution in [3.05, 3.63) is 12.4 Å². The zero-order valence-electron chi connectivity index (χ0n) is 11.6. The second-order valence-electron chi connectivity index (χ2n) is 4.27. The first-order chi connectivity index (χ1) is 9.11. The minimum absolute atomic E-state index is 0.245. The normalized spacial score (nSPS) is 10.3. The fourth-order valence-electron chi connectivity index (χ4n) is 1.35. The molecule has 0 atom stereocenters. The summed E-state index contributed by atoms with van der Waals surface area (Å²) in [5, 5.41) is 6.25. The van der Waals surface area contributed by atoms with Gasteiger partial charge in [-0.25, -0.2) is 9.97 Å². The standard InChI is InChI=1S/C12H21N5O2/c1-17(2)7-6-14-11-8-10(15-9-16-11)13-5-4-12(18)19-3/h8-9H,4-7H2,1-3H3,(H2,13,14,15,16). The van der Waals surface area contributed by atoms with Crippen molar-refractivity contribution in [2.45, 2.75) is 6.42 Å². The summed E-state index contributed by atoms with van der Waals surface area (Å²) < 4.78 is 4.56. The van der Waals surface area contributed by atoms with E-state index in [2.05, 4.69) is 30.2 Å². The van der Waals surface area contributed by atoms with Crippen LogP contribution >= 0.6 is 0 Å². The highest BCUT2D eigenvalue weighted by Gasteiger charge is 2.01. The summed E-state index contributed by atoms with van der Waals surface area (Å²) in [6, 6.07) is 1.81. The summed E-state index contributed by atoms with van der Waals surface area (Å²) in [6.07, 6.45) is 1.79. The molecule has 1 aromatic rings. The number of ether oxygens (including phenoxy) is 1. The minimum atomic E-state index is -0.245. The van der Waals surface area contributed by atoms with E-state index in [0.29, 0.717) is 18.8 Å². The quantitative estimate of drug-likeness (QED) is 0.661. The summed E-state index contributed by atoms with van der Waals surface area (Å²) >= 11 is 0. The molecular weight excluding hydrogens is 246 g/mol. The van der Waals surface area contributed by atoms with Crippen LogP contribution in [-0.2, 0) is 9.53 Å². The number of methoxy groups -OCH3 is 1. The molecule has 0 aliphatic heterocycles. The highest BCUT2D eigenvalue weighted by atomic mass is 16.5. The molecule has 0 saturated heterocycles. The van der Waals surface area contributed by atoms with Gasteiger partial charge in [0.05, 0.1) is 13.5 Å². The fraction of sp³-hybridized carbons (Fsp3) is 0.583. The molecule has 0 unspecified atom stereocenters. The molecule has 0 amide bonds. The maximum atomic E-state index is 11.0. The number of carbonyl (C=O) groups is 1. The van der Waals surface area contributed by atoms with E-state index in [-0.39, 0.29) is 5.97 Å². The zero-order chi connectivity index (χ0) is 14.1. The Labute approximate surface area is 113 Å². The van der Waals surface area contributed by atoms with Gasteiger partial charge in [0, 0.05) is 25.7 Å². The summed E-state index contributed by atoms with van der Waals surface area (Å²) in [7, 11) is 5.41. The van der Waals surface area contributed by atoms with Crippen LogP contribution in [0.4, 0.5) is 11.6 Å². The van der Waals surface area contributed by atoms with E-state index in [9.17, 15) is 4.79 Å². The number of hydrogen-bond acceptors (Lipinski definition) is 7. The zero-order valence-corrected chi connectivity index (χ0v) is 11.6. The van der Waals surface area contributed by atoms with Gasteiger partial charge in [0.15, 0.2) is 0 Å². The van der Waals surface area contributed by atoms with Crippen molar-refractivity contribution in [2.24, 2.45) is 0 Å². The molecular formula is C12H21N5O2. The second-order valence-corrected chi connectivity index (χ2v) is 4.27. The first-order valence-electron chi connectivity index (χ1n) is 6.13. The maximum absolute atomic E-state index is 11.0. The van der Waals surface area contributed by atoms with Gasteiger partial charge in [-0.3, -0.25) is 4.79 Å². The van der Waals surface area contributed by atoms with Gasteiger partial charge in [-0.2, -0.15) is 0 Å². The first kappa shape index (κ1) is 15.2. The van der Waals surface area contributed by atoms with Gasteiger partial charge in [0.25, 0.3) is 0 Å². The third-order valence-electron chi connectivity index (χ3n) is 2.40. The number of esters is 1. The molecule has 106 valence electrons. The Kier molecular flexibility index (Phi) is 6.59. The Hall–Kier alpha value is -1.89. The molecule has 0 aliphatic carbocycles. The lowest BCUT2D eigenvalue weighted by molar-refractivity contribution is -0.140. The van der Waals surface area contributed by atoms with E-state index < -0.39 is 0 Å². The Bertz CT molecular complexity index is 397. The topological polar surface area (TPSA) is 79.4 Å². The van der Waals surface area contributed by atoms with Crippen molar-refractivity contribution in [3.63, 3.8) is 0 Å². The van der Waals surface area contributed by atoms with Crippen LogP contribution in [0.3, 0.4) is 0 Å². The number of rotatable bonds is 8. The Morgan fingerprint density at radius 2 is 1.89 bits per heavy atom. The second kappa shape index (κ2) is 8.25. The van der Waals surface area contributed by atoms with Crippen molar-refractivity contribution in [1.29, 1.82) is 0 Å². The number of carbonyl (C=O) groups excluding carboxylic acids is 1. The highest BCUT2D eigenvalue weighted by molar-refractivity contribution is 5.69. The van der Waals surface area contributed by atoms with Gasteiger partial charge in [-0.15, -0.1) is 0 Å². The molecule has 0 aliphatic rings. The summed E-state index contributed by atoms with van der Waals surface area (Å²) in [5.41, 5.74) is 0. The number of nitrogens with zero attached hydrogens (tertiary/aromatic N) is 3. The highest BCUT2D eigenvalue weighted by Crippen LogP contribution is 2.08. The van der Waals surface area contributed by atoms with Crippen molar-refractivity contribution in [1.82, 2.24) is 14.9 Å². The van der Waals surface area contributed by atoms with E-state index in [1.54, 1.807) is 0 Å². The van der Waals surface area contributed by atoms with Crippen LogP contribution in [0.25, 0.3) is 0 Å². The number of likely N-dealkylation sites (N-methyl/N-ethyl adjacent to an activating group) is 1. The molecule has 19 heavy (non-hydrogen) atoms. The van der Waals surface area contributed by atoms with Crippen molar-refractivity contribution in [2.75, 3.05) is 51.5 Å². The molecule has 0 fully saturated rings. The van der Waals surface area contributed by atoms with Crippen molar-refractivity contribution < 1.29 is 9.53 Å². The SMILES string of the molecule is COC(=O)CCNc1cc(NCCN(C)C)ncn1. The molecule has 1 heterocycles. The van der Waals surface area contributed by atoms with E-state index in [1.807, 2.05) is 20.2 Å². The van der Waals surface area contributed by atoms with Crippen LogP contribution in [0.15, 0.2) is 12.4 Å². The third kappa shape index (κ3) is 6.56. The average molecular weight is 267 g/mol. The molecule has 0 saturated carbocycles. The predicted octanol–water partition coefficient (Wildman–Crippen LogP) is 0.425. The van der Waals surface area contributed by atoms with Gasteiger partial charge in [-0.1, -0.05) is 0 Å². The molecule has 2 N–H and O–H groups in total. The van der Waals surface area contributed by atoms with Gasteiger partial charge >= 0.3 is 5.97 Å². The molecule has 1 rings (SSSR count). The van der Waals surface area contributed by atoms with Crippen LogP contribution < -0.4 is 10.6 Å². The third-order valence-corrected chi connectivity index (χ3v) is 2.40. The Morgan fingerprint density at radius 3 is 2.47 bits per heavy atom. The number of hydrogen-bond donors (Lipinski definition) is 2. The number of aromatic nitrogens is 2. The minimum Gasteiger partial charge on any atom is -0.469 e. The lowest BCUT2D eigenvalue weighted by Gasteiger charge is -2.11. The Balaban J connectivity index is 2.37. The molecule has 1 aromatic heterocycles. The van der Waals surface area contributed by atoms with Gasteiger partial charge in [0.1, 0.15) is 18.0 Å². The van der Waals surface area contributed by atoms with Crippen LogP contribution in [0, 0.1) is 0 Å². The van der Waals surface area contributed by atoms with Crippen molar-refractivity contribution >= 4 is 17.6 Å². The number of anilines is 2. The molecule has 7 nitrogen and oxygen atoms in total. The Morgan fingerprint density at radius 1 is 1.26 bits per heavy atom. The largest absolute Gasteiger partial charge is 0.469 e. The molecule has 0 radical (unpaired) electrons. The molecule has 0 bridgehead atoms. The smallest absolute Gasteiger partial charge is 0.307 e. The van der Waals surface area contributed by atoms with Gasteiger partial charge in [-0.05, 0) is 14.1 Å². The molecule has 0 spiro atoms. The van der Waals surface area contributed by atoms with Crippen LogP contribution in [0.5, 0.6) is 0 Å². The lowest BCUT2D eigenvalue weighted by Crippen LogP contribution is -2.21. The van der Waals surface area contributed by atoms with Crippen LogP contribution in [-0.4, -0.2) is 61.7 Å². The van der Waals surface area contributed by atoms with Crippen LogP contribution in [0.2, 0.25) is 0 Å².